The van der Waals surface area contributed by atoms with Gasteiger partial charge in [-0.05, 0) is 24.3 Å². The van der Waals surface area contributed by atoms with Gasteiger partial charge in [0, 0.05) is 57.7 Å². The molecule has 3 saturated heterocycles. The van der Waals surface area contributed by atoms with Crippen LogP contribution in [0.15, 0.2) is 48.9 Å². The number of rotatable bonds is 3. The summed E-state index contributed by atoms with van der Waals surface area (Å²) in [5.41, 5.74) is 1.70. The SMILES string of the molecule is O=C(c1cnccn1)N1CC2CN(Cc3ccccc3)CC2C12CCOCC2. The molecular formula is C22H26N4O2. The van der Waals surface area contributed by atoms with E-state index in [0.29, 0.717) is 17.5 Å². The summed E-state index contributed by atoms with van der Waals surface area (Å²) in [6, 6.07) is 10.7. The van der Waals surface area contributed by atoms with Crippen molar-refractivity contribution in [3.05, 3.63) is 60.2 Å². The first-order valence-electron chi connectivity index (χ1n) is 10.2. The minimum atomic E-state index is -0.108. The first-order valence-corrected chi connectivity index (χ1v) is 10.2. The van der Waals surface area contributed by atoms with Crippen molar-refractivity contribution in [2.24, 2.45) is 11.8 Å². The monoisotopic (exact) mass is 378 g/mol. The number of aromatic nitrogens is 2. The van der Waals surface area contributed by atoms with Crippen molar-refractivity contribution in [1.82, 2.24) is 19.8 Å². The van der Waals surface area contributed by atoms with Crippen LogP contribution in [0.25, 0.3) is 0 Å². The van der Waals surface area contributed by atoms with Crippen LogP contribution in [0.3, 0.4) is 0 Å². The zero-order valence-electron chi connectivity index (χ0n) is 16.0. The van der Waals surface area contributed by atoms with Gasteiger partial charge >= 0.3 is 0 Å². The summed E-state index contributed by atoms with van der Waals surface area (Å²) < 4.78 is 5.68. The van der Waals surface area contributed by atoms with Gasteiger partial charge in [-0.25, -0.2) is 4.98 Å². The quantitative estimate of drug-likeness (QED) is 0.820. The molecule has 2 aromatic rings. The van der Waals surface area contributed by atoms with Crippen LogP contribution in [0.1, 0.15) is 28.9 Å². The van der Waals surface area contributed by atoms with Gasteiger partial charge < -0.3 is 9.64 Å². The number of likely N-dealkylation sites (tertiary alicyclic amines) is 2. The molecule has 0 aliphatic carbocycles. The standard InChI is InChI=1S/C22H26N4O2/c27-21(20-12-23-8-9-24-20)26-15-18-14-25(13-17-4-2-1-3-5-17)16-19(18)22(26)6-10-28-11-7-22/h1-5,8-9,12,18-19H,6-7,10-11,13-16H2. The number of ether oxygens (including phenoxy) is 1. The smallest absolute Gasteiger partial charge is 0.274 e. The lowest BCUT2D eigenvalue weighted by atomic mass is 9.76. The van der Waals surface area contributed by atoms with Gasteiger partial charge in [-0.2, -0.15) is 0 Å². The Morgan fingerprint density at radius 3 is 2.68 bits per heavy atom. The van der Waals surface area contributed by atoms with Crippen molar-refractivity contribution in [1.29, 1.82) is 0 Å². The van der Waals surface area contributed by atoms with Gasteiger partial charge in [0.1, 0.15) is 5.69 Å². The Labute approximate surface area is 165 Å². The molecule has 1 spiro atoms. The highest BCUT2D eigenvalue weighted by Crippen LogP contribution is 2.49. The third-order valence-electron chi connectivity index (χ3n) is 6.80. The highest BCUT2D eigenvalue weighted by Gasteiger charge is 2.58. The second-order valence-corrected chi connectivity index (χ2v) is 8.27. The van der Waals surface area contributed by atoms with E-state index in [1.54, 1.807) is 18.6 Å². The molecule has 2 atom stereocenters. The van der Waals surface area contributed by atoms with Gasteiger partial charge in [0.15, 0.2) is 0 Å². The molecule has 6 heteroatoms. The predicted octanol–water partition coefficient (Wildman–Crippen LogP) is 2.23. The molecule has 1 aromatic heterocycles. The molecule has 2 unspecified atom stereocenters. The molecular weight excluding hydrogens is 352 g/mol. The predicted molar refractivity (Wildman–Crippen MR) is 105 cm³/mol. The molecule has 0 saturated carbocycles. The Morgan fingerprint density at radius 1 is 1.11 bits per heavy atom. The number of carbonyl (C=O) groups excluding carboxylic acids is 1. The first kappa shape index (κ1) is 17.8. The number of benzene rings is 1. The van der Waals surface area contributed by atoms with Gasteiger partial charge in [-0.15, -0.1) is 0 Å². The van der Waals surface area contributed by atoms with Crippen LogP contribution in [-0.4, -0.2) is 64.1 Å². The van der Waals surface area contributed by atoms with E-state index in [-0.39, 0.29) is 11.4 Å². The Hall–Kier alpha value is -2.31. The van der Waals surface area contributed by atoms with E-state index in [0.717, 1.165) is 52.2 Å². The molecule has 0 radical (unpaired) electrons. The lowest BCUT2D eigenvalue weighted by Gasteiger charge is -2.45. The molecule has 0 N–H and O–H groups in total. The van der Waals surface area contributed by atoms with E-state index < -0.39 is 0 Å². The lowest BCUT2D eigenvalue weighted by Crippen LogP contribution is -2.55. The van der Waals surface area contributed by atoms with Gasteiger partial charge in [0.2, 0.25) is 0 Å². The van der Waals surface area contributed by atoms with Gasteiger partial charge in [-0.3, -0.25) is 14.7 Å². The van der Waals surface area contributed by atoms with Crippen LogP contribution >= 0.6 is 0 Å². The van der Waals surface area contributed by atoms with E-state index in [1.807, 2.05) is 0 Å². The van der Waals surface area contributed by atoms with E-state index in [1.165, 1.54) is 5.56 Å². The third kappa shape index (κ3) is 3.01. The molecule has 1 amide bonds. The van der Waals surface area contributed by atoms with Crippen molar-refractivity contribution >= 4 is 5.91 Å². The maximum absolute atomic E-state index is 13.3. The van der Waals surface area contributed by atoms with Crippen LogP contribution in [-0.2, 0) is 11.3 Å². The molecule has 0 bridgehead atoms. The second kappa shape index (κ2) is 7.26. The van der Waals surface area contributed by atoms with E-state index >= 15 is 0 Å². The average Bonchev–Trinajstić information content (AvgIpc) is 3.27. The summed E-state index contributed by atoms with van der Waals surface area (Å²) in [6.07, 6.45) is 6.63. The number of hydrogen-bond donors (Lipinski definition) is 0. The van der Waals surface area contributed by atoms with Crippen LogP contribution in [0, 0.1) is 11.8 Å². The summed E-state index contributed by atoms with van der Waals surface area (Å²) in [5, 5.41) is 0. The molecule has 1 aromatic carbocycles. The number of amides is 1. The Balaban J connectivity index is 1.39. The molecule has 146 valence electrons. The fourth-order valence-corrected chi connectivity index (χ4v) is 5.54. The second-order valence-electron chi connectivity index (χ2n) is 8.27. The number of hydrogen-bond acceptors (Lipinski definition) is 5. The molecule has 5 rings (SSSR count). The van der Waals surface area contributed by atoms with Crippen LogP contribution in [0.2, 0.25) is 0 Å². The molecule has 3 aliphatic heterocycles. The van der Waals surface area contributed by atoms with Crippen LogP contribution in [0.4, 0.5) is 0 Å². The summed E-state index contributed by atoms with van der Waals surface area (Å²) in [6.45, 7) is 5.35. The van der Waals surface area contributed by atoms with Crippen molar-refractivity contribution in [2.75, 3.05) is 32.8 Å². The van der Waals surface area contributed by atoms with E-state index in [4.69, 9.17) is 4.74 Å². The molecule has 6 nitrogen and oxygen atoms in total. The van der Waals surface area contributed by atoms with Crippen LogP contribution < -0.4 is 0 Å². The Morgan fingerprint density at radius 2 is 1.93 bits per heavy atom. The highest BCUT2D eigenvalue weighted by atomic mass is 16.5. The number of nitrogens with zero attached hydrogens (tertiary/aromatic N) is 4. The minimum Gasteiger partial charge on any atom is -0.381 e. The fraction of sp³-hybridized carbons (Fsp3) is 0.500. The average molecular weight is 378 g/mol. The zero-order chi connectivity index (χ0) is 19.0. The van der Waals surface area contributed by atoms with Crippen molar-refractivity contribution in [3.8, 4) is 0 Å². The van der Waals surface area contributed by atoms with E-state index in [2.05, 4.69) is 50.1 Å². The normalized spacial score (nSPS) is 26.5. The summed E-state index contributed by atoms with van der Waals surface area (Å²) >= 11 is 0. The van der Waals surface area contributed by atoms with E-state index in [9.17, 15) is 4.79 Å². The fourth-order valence-electron chi connectivity index (χ4n) is 5.54. The topological polar surface area (TPSA) is 58.6 Å². The Bertz CT molecular complexity index is 823. The zero-order valence-corrected chi connectivity index (χ0v) is 16.0. The summed E-state index contributed by atoms with van der Waals surface area (Å²) in [5.74, 6) is 1.04. The Kier molecular flexibility index (Phi) is 4.61. The number of carbonyl (C=O) groups is 1. The van der Waals surface area contributed by atoms with Crippen molar-refractivity contribution in [2.45, 2.75) is 24.9 Å². The lowest BCUT2D eigenvalue weighted by molar-refractivity contribution is -0.0226. The third-order valence-corrected chi connectivity index (χ3v) is 6.80. The van der Waals surface area contributed by atoms with Crippen molar-refractivity contribution in [3.63, 3.8) is 0 Å². The first-order chi connectivity index (χ1) is 13.8. The summed E-state index contributed by atoms with van der Waals surface area (Å²) in [7, 11) is 0. The number of fused-ring (bicyclic) bond motifs is 2. The highest BCUT2D eigenvalue weighted by molar-refractivity contribution is 5.92. The summed E-state index contributed by atoms with van der Waals surface area (Å²) in [4.78, 5) is 26.3. The molecule has 4 heterocycles. The van der Waals surface area contributed by atoms with Crippen LogP contribution in [0.5, 0.6) is 0 Å². The molecule has 3 fully saturated rings. The van der Waals surface area contributed by atoms with Crippen molar-refractivity contribution < 1.29 is 9.53 Å². The molecule has 28 heavy (non-hydrogen) atoms. The van der Waals surface area contributed by atoms with Gasteiger partial charge in [0.05, 0.1) is 11.7 Å². The molecule has 3 aliphatic rings. The van der Waals surface area contributed by atoms with Gasteiger partial charge in [-0.1, -0.05) is 30.3 Å². The van der Waals surface area contributed by atoms with Gasteiger partial charge in [0.25, 0.3) is 5.91 Å². The maximum atomic E-state index is 13.3. The minimum absolute atomic E-state index is 0.0269. The maximum Gasteiger partial charge on any atom is 0.274 e. The largest absolute Gasteiger partial charge is 0.381 e.